The molecule has 5 bridgehead atoms. The van der Waals surface area contributed by atoms with Gasteiger partial charge in [0.05, 0.1) is 5.69 Å². The molecule has 2 aromatic rings. The van der Waals surface area contributed by atoms with Crippen molar-refractivity contribution in [2.75, 3.05) is 6.54 Å². The lowest BCUT2D eigenvalue weighted by atomic mass is 10.0. The topological polar surface area (TPSA) is 130 Å². The molecule has 0 radical (unpaired) electrons. The molecule has 1 fully saturated rings. The van der Waals surface area contributed by atoms with E-state index in [0.29, 0.717) is 25.1 Å². The number of nitrogens with zero attached hydrogens (tertiary/aromatic N) is 2. The molecule has 2 aliphatic heterocycles. The number of carbonyl (C=O) groups excluding carboxylic acids is 4. The summed E-state index contributed by atoms with van der Waals surface area (Å²) in [7, 11) is 0. The van der Waals surface area contributed by atoms with Crippen molar-refractivity contribution < 1.29 is 23.9 Å². The Morgan fingerprint density at radius 1 is 1.05 bits per heavy atom. The summed E-state index contributed by atoms with van der Waals surface area (Å²) in [5, 5.41) is 8.71. The highest BCUT2D eigenvalue weighted by molar-refractivity contribution is 5.92. The van der Waals surface area contributed by atoms with E-state index >= 15 is 0 Å². The predicted octanol–water partition coefficient (Wildman–Crippen LogP) is 2.40. The second kappa shape index (κ2) is 11.7. The zero-order valence-electron chi connectivity index (χ0n) is 22.2. The SMILES string of the molecule is CC1OC(=O)[C@@H]2CCCN(N2)C(=O)[C@H](C)NC(=O)[C@H](C(C)C)NC(=O)CC=Cc2cc3cc1ccc3cn2. The van der Waals surface area contributed by atoms with E-state index in [1.54, 1.807) is 25.3 Å². The number of aromatic nitrogens is 1. The summed E-state index contributed by atoms with van der Waals surface area (Å²) in [4.78, 5) is 56.1. The Bertz CT molecular complexity index is 1260. The average Bonchev–Trinajstić information content (AvgIpc) is 2.90. The van der Waals surface area contributed by atoms with Crippen molar-refractivity contribution in [3.63, 3.8) is 0 Å². The molecule has 1 aromatic carbocycles. The highest BCUT2D eigenvalue weighted by Crippen LogP contribution is 2.24. The van der Waals surface area contributed by atoms with Crippen LogP contribution in [0.4, 0.5) is 0 Å². The van der Waals surface area contributed by atoms with Crippen molar-refractivity contribution in [2.45, 2.75) is 71.2 Å². The number of pyridine rings is 1. The second-order valence-corrected chi connectivity index (χ2v) is 10.2. The van der Waals surface area contributed by atoms with Gasteiger partial charge in [-0.1, -0.05) is 32.1 Å². The van der Waals surface area contributed by atoms with E-state index in [9.17, 15) is 19.2 Å². The minimum absolute atomic E-state index is 0.0663. The third-order valence-electron chi connectivity index (χ3n) is 6.85. The van der Waals surface area contributed by atoms with Gasteiger partial charge in [0.15, 0.2) is 0 Å². The van der Waals surface area contributed by atoms with Crippen molar-refractivity contribution >= 4 is 40.5 Å². The van der Waals surface area contributed by atoms with Gasteiger partial charge < -0.3 is 15.4 Å². The molecule has 10 heteroatoms. The lowest BCUT2D eigenvalue weighted by Gasteiger charge is -2.35. The standard InChI is InChI=1S/C28H35N5O5/c1-16(2)25-26(35)30-17(3)27(36)33-12-6-8-23(32-33)28(37)38-18(4)19-10-11-20-15-29-22(14-21(20)13-19)7-5-9-24(34)31-25/h5,7,10-11,13-18,23,25,32H,6,8-9,12H2,1-4H3,(H,30,35)(H,31,34)/t17-,18?,23-,25-/m0/s1. The molecule has 2 aliphatic rings. The Labute approximate surface area is 222 Å². The lowest BCUT2D eigenvalue weighted by Crippen LogP contribution is -2.61. The van der Waals surface area contributed by atoms with Gasteiger partial charge in [-0.3, -0.25) is 29.2 Å². The van der Waals surface area contributed by atoms with Crippen LogP contribution in [0.2, 0.25) is 0 Å². The van der Waals surface area contributed by atoms with Gasteiger partial charge in [0.1, 0.15) is 24.2 Å². The van der Waals surface area contributed by atoms with Crippen LogP contribution in [0.5, 0.6) is 0 Å². The Morgan fingerprint density at radius 3 is 2.61 bits per heavy atom. The Kier molecular flexibility index (Phi) is 8.41. The molecular formula is C28H35N5O5. The van der Waals surface area contributed by atoms with E-state index < -0.39 is 36.1 Å². The first-order chi connectivity index (χ1) is 18.1. The molecule has 3 N–H and O–H groups in total. The zero-order valence-corrected chi connectivity index (χ0v) is 22.2. The zero-order chi connectivity index (χ0) is 27.4. The molecule has 1 saturated heterocycles. The minimum atomic E-state index is -0.861. The number of fused-ring (bicyclic) bond motifs is 4. The summed E-state index contributed by atoms with van der Waals surface area (Å²) < 4.78 is 5.77. The van der Waals surface area contributed by atoms with E-state index in [0.717, 1.165) is 16.3 Å². The number of ether oxygens (including phenoxy) is 1. The van der Waals surface area contributed by atoms with Crippen LogP contribution in [-0.2, 0) is 23.9 Å². The first-order valence-corrected chi connectivity index (χ1v) is 13.1. The molecule has 1 aromatic heterocycles. The molecule has 4 atom stereocenters. The molecule has 10 nitrogen and oxygen atoms in total. The fourth-order valence-corrected chi connectivity index (χ4v) is 4.61. The summed E-state index contributed by atoms with van der Waals surface area (Å²) in [6, 6.07) is 5.33. The van der Waals surface area contributed by atoms with Gasteiger partial charge in [0.25, 0.3) is 5.91 Å². The quantitative estimate of drug-likeness (QED) is 0.492. The molecule has 4 rings (SSSR count). The van der Waals surface area contributed by atoms with E-state index in [1.165, 1.54) is 5.01 Å². The number of hydrogen-bond donors (Lipinski definition) is 3. The number of cyclic esters (lactones) is 1. The fraction of sp³-hybridized carbons (Fsp3) is 0.464. The molecular weight excluding hydrogens is 486 g/mol. The maximum atomic E-state index is 13.1. The average molecular weight is 522 g/mol. The van der Waals surface area contributed by atoms with Gasteiger partial charge in [0, 0.05) is 24.5 Å². The van der Waals surface area contributed by atoms with E-state index in [4.69, 9.17) is 4.74 Å². The Hall–Kier alpha value is -3.79. The van der Waals surface area contributed by atoms with E-state index in [1.807, 2.05) is 45.0 Å². The number of amides is 3. The van der Waals surface area contributed by atoms with Gasteiger partial charge in [-0.2, -0.15) is 0 Å². The van der Waals surface area contributed by atoms with Crippen LogP contribution in [0.1, 0.15) is 64.3 Å². The summed E-state index contributed by atoms with van der Waals surface area (Å²) in [5.74, 6) is -1.77. The Morgan fingerprint density at radius 2 is 1.84 bits per heavy atom. The van der Waals surface area contributed by atoms with Crippen molar-refractivity contribution in [3.8, 4) is 0 Å². The van der Waals surface area contributed by atoms with Gasteiger partial charge in [-0.15, -0.1) is 0 Å². The van der Waals surface area contributed by atoms with Crippen LogP contribution in [0.15, 0.2) is 36.5 Å². The number of rotatable bonds is 1. The Balaban J connectivity index is 1.64. The third-order valence-corrected chi connectivity index (χ3v) is 6.85. The number of carbonyl (C=O) groups is 4. The second-order valence-electron chi connectivity index (χ2n) is 10.2. The first kappa shape index (κ1) is 27.3. The number of nitrogens with one attached hydrogen (secondary N) is 3. The molecule has 3 heterocycles. The minimum Gasteiger partial charge on any atom is -0.457 e. The van der Waals surface area contributed by atoms with Crippen molar-refractivity contribution in [1.29, 1.82) is 0 Å². The molecule has 0 aliphatic carbocycles. The molecule has 3 amide bonds. The van der Waals surface area contributed by atoms with Gasteiger partial charge in [-0.25, -0.2) is 5.43 Å². The number of esters is 1. The van der Waals surface area contributed by atoms with Crippen molar-refractivity contribution in [2.24, 2.45) is 5.92 Å². The molecule has 0 saturated carbocycles. The molecule has 38 heavy (non-hydrogen) atoms. The molecule has 1 unspecified atom stereocenters. The fourth-order valence-electron chi connectivity index (χ4n) is 4.61. The van der Waals surface area contributed by atoms with Crippen LogP contribution >= 0.6 is 0 Å². The maximum absolute atomic E-state index is 13.1. The van der Waals surface area contributed by atoms with Crippen LogP contribution in [-0.4, -0.2) is 58.4 Å². The first-order valence-electron chi connectivity index (χ1n) is 13.1. The van der Waals surface area contributed by atoms with E-state index in [-0.39, 0.29) is 24.2 Å². The summed E-state index contributed by atoms with van der Waals surface area (Å²) in [6.07, 6.45) is 5.90. The highest BCUT2D eigenvalue weighted by atomic mass is 16.5. The normalized spacial score (nSPS) is 25.8. The van der Waals surface area contributed by atoms with Gasteiger partial charge in [0.2, 0.25) is 11.8 Å². The van der Waals surface area contributed by atoms with Crippen molar-refractivity contribution in [3.05, 3.63) is 47.8 Å². The van der Waals surface area contributed by atoms with Crippen molar-refractivity contribution in [1.82, 2.24) is 26.1 Å². The summed E-state index contributed by atoms with van der Waals surface area (Å²) in [6.45, 7) is 7.44. The monoisotopic (exact) mass is 521 g/mol. The largest absolute Gasteiger partial charge is 0.457 e. The van der Waals surface area contributed by atoms with Crippen LogP contribution < -0.4 is 16.1 Å². The smallest absolute Gasteiger partial charge is 0.325 e. The van der Waals surface area contributed by atoms with Crippen LogP contribution in [0.25, 0.3) is 16.8 Å². The van der Waals surface area contributed by atoms with E-state index in [2.05, 4.69) is 21.0 Å². The predicted molar refractivity (Wildman–Crippen MR) is 142 cm³/mol. The highest BCUT2D eigenvalue weighted by Gasteiger charge is 2.33. The maximum Gasteiger partial charge on any atom is 0.325 e. The summed E-state index contributed by atoms with van der Waals surface area (Å²) in [5.41, 5.74) is 4.48. The summed E-state index contributed by atoms with van der Waals surface area (Å²) >= 11 is 0. The van der Waals surface area contributed by atoms with Crippen LogP contribution in [0.3, 0.4) is 0 Å². The molecule has 0 spiro atoms. The lowest BCUT2D eigenvalue weighted by molar-refractivity contribution is -0.157. The molecule has 202 valence electrons. The van der Waals surface area contributed by atoms with Gasteiger partial charge in [-0.05, 0) is 61.8 Å². The third kappa shape index (κ3) is 6.36. The number of benzene rings is 1. The van der Waals surface area contributed by atoms with Crippen LogP contribution in [0, 0.1) is 5.92 Å². The number of hydrogen-bond acceptors (Lipinski definition) is 7. The number of hydrazine groups is 1. The van der Waals surface area contributed by atoms with Gasteiger partial charge >= 0.3 is 5.97 Å².